The second-order valence-corrected chi connectivity index (χ2v) is 5.47. The van der Waals surface area contributed by atoms with Crippen LogP contribution in [0.25, 0.3) is 11.6 Å². The number of morpholine rings is 1. The molecule has 108 valence electrons. The fraction of sp³-hybridized carbons (Fsp3) is 0.500. The lowest BCUT2D eigenvalue weighted by atomic mass is 10.2. The summed E-state index contributed by atoms with van der Waals surface area (Å²) in [5, 5.41) is 12.8. The molecule has 7 heteroatoms. The van der Waals surface area contributed by atoms with Gasteiger partial charge in [0.05, 0.1) is 6.61 Å². The molecule has 0 spiro atoms. The van der Waals surface area contributed by atoms with Gasteiger partial charge in [-0.1, -0.05) is 5.16 Å². The molecule has 0 saturated carbocycles. The van der Waals surface area contributed by atoms with Crippen molar-refractivity contribution in [2.24, 2.45) is 0 Å². The molecule has 0 aromatic carbocycles. The third-order valence-electron chi connectivity index (χ3n) is 4.16. The Morgan fingerprint density at radius 2 is 2.38 bits per heavy atom. The van der Waals surface area contributed by atoms with Crippen LogP contribution in [0.1, 0.15) is 30.5 Å². The Kier molecular flexibility index (Phi) is 2.98. The van der Waals surface area contributed by atoms with Gasteiger partial charge >= 0.3 is 0 Å². The van der Waals surface area contributed by atoms with E-state index in [1.165, 1.54) is 12.8 Å². The number of hydrogen-bond acceptors (Lipinski definition) is 6. The monoisotopic (exact) mass is 285 g/mol. The van der Waals surface area contributed by atoms with Crippen LogP contribution < -0.4 is 0 Å². The highest BCUT2D eigenvalue weighted by Crippen LogP contribution is 2.29. The molecule has 2 aromatic rings. The number of nitriles is 1. The van der Waals surface area contributed by atoms with Crippen molar-refractivity contribution in [2.45, 2.75) is 25.0 Å². The van der Waals surface area contributed by atoms with Gasteiger partial charge in [0.25, 0.3) is 5.89 Å². The summed E-state index contributed by atoms with van der Waals surface area (Å²) in [6.45, 7) is 2.67. The van der Waals surface area contributed by atoms with E-state index in [0.717, 1.165) is 19.7 Å². The topological polar surface area (TPSA) is 91.0 Å². The molecule has 2 unspecified atom stereocenters. The maximum absolute atomic E-state index is 8.82. The molecule has 2 aliphatic rings. The van der Waals surface area contributed by atoms with E-state index < -0.39 is 0 Å². The minimum absolute atomic E-state index is 0.137. The number of hydrogen-bond donors (Lipinski definition) is 1. The van der Waals surface area contributed by atoms with Crippen LogP contribution >= 0.6 is 0 Å². The fourth-order valence-electron chi connectivity index (χ4n) is 3.03. The van der Waals surface area contributed by atoms with E-state index in [2.05, 4.69) is 20.0 Å². The molecule has 0 aliphatic carbocycles. The van der Waals surface area contributed by atoms with Gasteiger partial charge < -0.3 is 14.2 Å². The number of fused-ring (bicyclic) bond motifs is 1. The number of nitrogens with one attached hydrogen (secondary N) is 1. The Labute approximate surface area is 121 Å². The quantitative estimate of drug-likeness (QED) is 0.898. The Bertz CT molecular complexity index is 686. The molecule has 21 heavy (non-hydrogen) atoms. The first-order chi connectivity index (χ1) is 10.3. The van der Waals surface area contributed by atoms with Crippen LogP contribution in [-0.4, -0.2) is 45.8 Å². The maximum atomic E-state index is 8.82. The van der Waals surface area contributed by atoms with Crippen LogP contribution in [0.15, 0.2) is 16.7 Å². The van der Waals surface area contributed by atoms with Crippen molar-refractivity contribution < 1.29 is 9.26 Å². The summed E-state index contributed by atoms with van der Waals surface area (Å²) in [5.41, 5.74) is 1.12. The van der Waals surface area contributed by atoms with Crippen molar-refractivity contribution >= 4 is 0 Å². The minimum Gasteiger partial charge on any atom is -0.367 e. The Balaban J connectivity index is 1.53. The first-order valence-corrected chi connectivity index (χ1v) is 7.12. The Hall–Kier alpha value is -2.17. The van der Waals surface area contributed by atoms with E-state index in [1.54, 1.807) is 12.1 Å². The molecule has 7 nitrogen and oxygen atoms in total. The average molecular weight is 285 g/mol. The van der Waals surface area contributed by atoms with Gasteiger partial charge in [-0.2, -0.15) is 10.2 Å². The summed E-state index contributed by atoms with van der Waals surface area (Å²) in [5.74, 6) is 0.960. The third-order valence-corrected chi connectivity index (χ3v) is 4.16. The van der Waals surface area contributed by atoms with E-state index in [4.69, 9.17) is 14.5 Å². The Morgan fingerprint density at radius 1 is 1.43 bits per heavy atom. The van der Waals surface area contributed by atoms with Crippen molar-refractivity contribution in [1.29, 1.82) is 5.26 Å². The van der Waals surface area contributed by atoms with Gasteiger partial charge in [0.2, 0.25) is 5.82 Å². The molecule has 0 amide bonds. The lowest BCUT2D eigenvalue weighted by Crippen LogP contribution is -2.42. The molecule has 0 bridgehead atoms. The van der Waals surface area contributed by atoms with Gasteiger partial charge in [0, 0.05) is 12.6 Å². The number of nitrogens with zero attached hydrogens (tertiary/aromatic N) is 4. The molecule has 1 N–H and O–H groups in total. The van der Waals surface area contributed by atoms with Gasteiger partial charge in [0.1, 0.15) is 23.6 Å². The van der Waals surface area contributed by atoms with Crippen molar-refractivity contribution in [2.75, 3.05) is 19.7 Å². The second-order valence-electron chi connectivity index (χ2n) is 5.47. The standard InChI is InChI=1S/C14H15N5O2/c15-6-9-3-4-11(16-9)14-17-13(18-21-14)12-7-19-5-1-2-10(19)8-20-12/h3-4,10,12,16H,1-2,5,7-8H2. The SMILES string of the molecule is N#Cc1ccc(-c2nc(C3CN4CCCC4CO3)no2)[nH]1. The Morgan fingerprint density at radius 3 is 3.24 bits per heavy atom. The highest BCUT2D eigenvalue weighted by molar-refractivity contribution is 5.49. The molecular formula is C14H15N5O2. The molecule has 4 heterocycles. The maximum Gasteiger partial charge on any atom is 0.274 e. The molecule has 4 rings (SSSR count). The van der Waals surface area contributed by atoms with Crippen LogP contribution in [-0.2, 0) is 4.74 Å². The molecule has 2 fully saturated rings. The summed E-state index contributed by atoms with van der Waals surface area (Å²) < 4.78 is 11.1. The summed E-state index contributed by atoms with van der Waals surface area (Å²) in [6.07, 6.45) is 2.31. The van der Waals surface area contributed by atoms with Gasteiger partial charge in [0.15, 0.2) is 0 Å². The number of ether oxygens (including phenoxy) is 1. The van der Waals surface area contributed by atoms with Gasteiger partial charge in [-0.05, 0) is 31.5 Å². The zero-order valence-electron chi connectivity index (χ0n) is 11.5. The number of aromatic nitrogens is 3. The lowest BCUT2D eigenvalue weighted by Gasteiger charge is -2.33. The number of aromatic amines is 1. The van der Waals surface area contributed by atoms with E-state index in [-0.39, 0.29) is 6.10 Å². The van der Waals surface area contributed by atoms with Gasteiger partial charge in [-0.25, -0.2) is 0 Å². The summed E-state index contributed by atoms with van der Waals surface area (Å²) >= 11 is 0. The summed E-state index contributed by atoms with van der Waals surface area (Å²) in [7, 11) is 0. The van der Waals surface area contributed by atoms with Crippen molar-refractivity contribution in [3.8, 4) is 17.7 Å². The van der Waals surface area contributed by atoms with Crippen LogP contribution in [0.4, 0.5) is 0 Å². The number of rotatable bonds is 2. The van der Waals surface area contributed by atoms with Crippen molar-refractivity contribution in [3.05, 3.63) is 23.7 Å². The van der Waals surface area contributed by atoms with Gasteiger partial charge in [-0.15, -0.1) is 0 Å². The van der Waals surface area contributed by atoms with Crippen molar-refractivity contribution in [1.82, 2.24) is 20.0 Å². The predicted molar refractivity (Wildman–Crippen MR) is 72.1 cm³/mol. The predicted octanol–water partition coefficient (Wildman–Crippen LogP) is 1.47. The molecule has 2 aliphatic heterocycles. The third kappa shape index (κ3) is 2.22. The summed E-state index contributed by atoms with van der Waals surface area (Å²) in [4.78, 5) is 9.76. The zero-order chi connectivity index (χ0) is 14.2. The van der Waals surface area contributed by atoms with E-state index in [0.29, 0.717) is 29.1 Å². The lowest BCUT2D eigenvalue weighted by molar-refractivity contribution is -0.0548. The van der Waals surface area contributed by atoms with Crippen LogP contribution in [0.5, 0.6) is 0 Å². The van der Waals surface area contributed by atoms with Gasteiger partial charge in [-0.3, -0.25) is 4.90 Å². The zero-order valence-corrected chi connectivity index (χ0v) is 11.5. The molecule has 2 aromatic heterocycles. The highest BCUT2D eigenvalue weighted by Gasteiger charge is 2.35. The van der Waals surface area contributed by atoms with Crippen LogP contribution in [0.2, 0.25) is 0 Å². The molecular weight excluding hydrogens is 270 g/mol. The normalized spacial score (nSPS) is 25.7. The van der Waals surface area contributed by atoms with E-state index >= 15 is 0 Å². The van der Waals surface area contributed by atoms with E-state index in [1.807, 2.05) is 6.07 Å². The second kappa shape index (κ2) is 4.98. The van der Waals surface area contributed by atoms with Crippen LogP contribution in [0, 0.1) is 11.3 Å². The molecule has 2 saturated heterocycles. The summed E-state index contributed by atoms with van der Waals surface area (Å²) in [6, 6.07) is 6.03. The molecule has 0 radical (unpaired) electrons. The first-order valence-electron chi connectivity index (χ1n) is 7.12. The fourth-order valence-corrected chi connectivity index (χ4v) is 3.03. The first kappa shape index (κ1) is 12.6. The minimum atomic E-state index is -0.137. The number of H-pyrrole nitrogens is 1. The smallest absolute Gasteiger partial charge is 0.274 e. The van der Waals surface area contributed by atoms with Crippen LogP contribution in [0.3, 0.4) is 0 Å². The largest absolute Gasteiger partial charge is 0.367 e. The van der Waals surface area contributed by atoms with E-state index in [9.17, 15) is 0 Å². The van der Waals surface area contributed by atoms with Crippen molar-refractivity contribution in [3.63, 3.8) is 0 Å². The molecule has 2 atom stereocenters. The highest BCUT2D eigenvalue weighted by atomic mass is 16.5. The average Bonchev–Trinajstić information content (AvgIpc) is 3.24.